The molecule has 0 saturated heterocycles. The summed E-state index contributed by atoms with van der Waals surface area (Å²) in [5, 5.41) is 0. The molecule has 0 aliphatic carbocycles. The molecule has 0 aromatic heterocycles. The van der Waals surface area contributed by atoms with Crippen LogP contribution in [0.5, 0.6) is 0 Å². The highest BCUT2D eigenvalue weighted by Gasteiger charge is 2.15. The zero-order valence-corrected chi connectivity index (χ0v) is 15.7. The van der Waals surface area contributed by atoms with E-state index in [1.165, 1.54) is 36.0 Å². The summed E-state index contributed by atoms with van der Waals surface area (Å²) < 4.78 is 0. The number of carbonyl (C=O) groups is 1. The molecule has 0 saturated carbocycles. The Morgan fingerprint density at radius 2 is 1.77 bits per heavy atom. The van der Waals surface area contributed by atoms with Crippen molar-refractivity contribution >= 4 is 5.78 Å². The topological polar surface area (TPSA) is 17.1 Å². The number of benzene rings is 1. The zero-order chi connectivity index (χ0) is 17.0. The van der Waals surface area contributed by atoms with E-state index in [2.05, 4.69) is 39.0 Å². The van der Waals surface area contributed by atoms with Gasteiger partial charge < -0.3 is 0 Å². The standard InChI is InChI=1S/C19H30O.C2H6/c1-5-8-9-16(14-19(20)7-3)13-18-12-15(4)10-11-17(18)6-2;1-2/h10-12,16H,5-9,13-14H2,1-4H3;1-2H3. The molecule has 1 nitrogen and oxygen atoms in total. The van der Waals surface area contributed by atoms with E-state index in [1.54, 1.807) is 0 Å². The predicted octanol–water partition coefficient (Wildman–Crippen LogP) is 6.30. The number of unbranched alkanes of at least 4 members (excludes halogenated alkanes) is 1. The maximum atomic E-state index is 11.8. The molecule has 1 rings (SSSR count). The fourth-order valence-electron chi connectivity index (χ4n) is 2.84. The number of ketones is 1. The minimum Gasteiger partial charge on any atom is -0.300 e. The second-order valence-corrected chi connectivity index (χ2v) is 5.93. The van der Waals surface area contributed by atoms with E-state index >= 15 is 0 Å². The third-order valence-electron chi connectivity index (χ3n) is 4.13. The first-order valence-corrected chi connectivity index (χ1v) is 9.20. The Morgan fingerprint density at radius 3 is 2.32 bits per heavy atom. The first kappa shape index (κ1) is 20.9. The van der Waals surface area contributed by atoms with Crippen molar-refractivity contribution in [3.05, 3.63) is 34.9 Å². The molecule has 0 radical (unpaired) electrons. The summed E-state index contributed by atoms with van der Waals surface area (Å²) >= 11 is 0. The van der Waals surface area contributed by atoms with Gasteiger partial charge in [-0.2, -0.15) is 0 Å². The average molecular weight is 305 g/mol. The fraction of sp³-hybridized carbons (Fsp3) is 0.667. The van der Waals surface area contributed by atoms with Gasteiger partial charge in [-0.3, -0.25) is 4.79 Å². The first-order chi connectivity index (χ1) is 10.6. The van der Waals surface area contributed by atoms with Gasteiger partial charge in [-0.1, -0.05) is 71.2 Å². The van der Waals surface area contributed by atoms with Crippen LogP contribution in [0.2, 0.25) is 0 Å². The molecule has 126 valence electrons. The van der Waals surface area contributed by atoms with Crippen LogP contribution < -0.4 is 0 Å². The van der Waals surface area contributed by atoms with Crippen LogP contribution >= 0.6 is 0 Å². The van der Waals surface area contributed by atoms with Gasteiger partial charge in [0.05, 0.1) is 0 Å². The highest BCUT2D eigenvalue weighted by atomic mass is 16.1. The molecule has 0 spiro atoms. The van der Waals surface area contributed by atoms with Gasteiger partial charge in [0.2, 0.25) is 0 Å². The average Bonchev–Trinajstić information content (AvgIpc) is 2.54. The van der Waals surface area contributed by atoms with Crippen LogP contribution in [0.1, 0.15) is 83.4 Å². The third-order valence-corrected chi connectivity index (χ3v) is 4.13. The molecule has 0 aliphatic rings. The van der Waals surface area contributed by atoms with Crippen LogP contribution in [0.4, 0.5) is 0 Å². The van der Waals surface area contributed by atoms with Crippen LogP contribution in [0.15, 0.2) is 18.2 Å². The van der Waals surface area contributed by atoms with E-state index < -0.39 is 0 Å². The van der Waals surface area contributed by atoms with Crippen molar-refractivity contribution in [1.29, 1.82) is 0 Å². The SMILES string of the molecule is CC.CCCCC(CC(=O)CC)Cc1cc(C)ccc1CC. The van der Waals surface area contributed by atoms with Gasteiger partial charge in [0.1, 0.15) is 5.78 Å². The molecule has 1 atom stereocenters. The van der Waals surface area contributed by atoms with E-state index in [0.717, 1.165) is 19.3 Å². The normalized spacial score (nSPS) is 11.5. The van der Waals surface area contributed by atoms with Crippen molar-refractivity contribution in [2.75, 3.05) is 0 Å². The summed E-state index contributed by atoms with van der Waals surface area (Å²) in [6, 6.07) is 6.76. The maximum absolute atomic E-state index is 11.8. The van der Waals surface area contributed by atoms with E-state index in [0.29, 0.717) is 18.1 Å². The predicted molar refractivity (Wildman–Crippen MR) is 98.5 cm³/mol. The molecule has 1 aromatic rings. The summed E-state index contributed by atoms with van der Waals surface area (Å²) in [4.78, 5) is 11.8. The lowest BCUT2D eigenvalue weighted by atomic mass is 9.86. The fourth-order valence-corrected chi connectivity index (χ4v) is 2.84. The quantitative estimate of drug-likeness (QED) is 0.523. The number of Topliss-reactive ketones (excluding diaryl/α,β-unsaturated/α-hetero) is 1. The number of hydrogen-bond acceptors (Lipinski definition) is 1. The summed E-state index contributed by atoms with van der Waals surface area (Å²) in [6.45, 7) is 12.6. The lowest BCUT2D eigenvalue weighted by Crippen LogP contribution is -2.12. The minimum atomic E-state index is 0.414. The molecule has 0 heterocycles. The van der Waals surface area contributed by atoms with Crippen LogP contribution in [-0.2, 0) is 17.6 Å². The summed E-state index contributed by atoms with van der Waals surface area (Å²) in [5.74, 6) is 0.936. The largest absolute Gasteiger partial charge is 0.300 e. The van der Waals surface area contributed by atoms with E-state index in [9.17, 15) is 4.79 Å². The third kappa shape index (κ3) is 7.77. The summed E-state index contributed by atoms with van der Waals surface area (Å²) in [6.07, 6.45) is 7.21. The van der Waals surface area contributed by atoms with Crippen molar-refractivity contribution in [3.63, 3.8) is 0 Å². The van der Waals surface area contributed by atoms with Gasteiger partial charge in [0.25, 0.3) is 0 Å². The van der Waals surface area contributed by atoms with Gasteiger partial charge in [-0.15, -0.1) is 0 Å². The molecular formula is C21H36O. The van der Waals surface area contributed by atoms with E-state index in [1.807, 2.05) is 20.8 Å². The van der Waals surface area contributed by atoms with E-state index in [4.69, 9.17) is 0 Å². The Kier molecular flexibility index (Phi) is 11.8. The van der Waals surface area contributed by atoms with Crippen molar-refractivity contribution in [1.82, 2.24) is 0 Å². The smallest absolute Gasteiger partial charge is 0.132 e. The molecule has 0 amide bonds. The summed E-state index contributed by atoms with van der Waals surface area (Å²) in [7, 11) is 0. The van der Waals surface area contributed by atoms with Gasteiger partial charge in [-0.25, -0.2) is 0 Å². The monoisotopic (exact) mass is 304 g/mol. The van der Waals surface area contributed by atoms with Crippen LogP contribution in [-0.4, -0.2) is 5.78 Å². The molecule has 0 fully saturated rings. The Morgan fingerprint density at radius 1 is 1.09 bits per heavy atom. The molecular weight excluding hydrogens is 268 g/mol. The van der Waals surface area contributed by atoms with Crippen molar-refractivity contribution in [3.8, 4) is 0 Å². The second kappa shape index (κ2) is 12.4. The number of aryl methyl sites for hydroxylation is 2. The zero-order valence-electron chi connectivity index (χ0n) is 15.7. The molecule has 0 aliphatic heterocycles. The molecule has 0 bridgehead atoms. The van der Waals surface area contributed by atoms with Crippen molar-refractivity contribution < 1.29 is 4.79 Å². The van der Waals surface area contributed by atoms with Gasteiger partial charge >= 0.3 is 0 Å². The van der Waals surface area contributed by atoms with Crippen molar-refractivity contribution in [2.45, 2.75) is 86.5 Å². The number of hydrogen-bond donors (Lipinski definition) is 0. The van der Waals surface area contributed by atoms with Gasteiger partial charge in [0.15, 0.2) is 0 Å². The first-order valence-electron chi connectivity index (χ1n) is 9.20. The molecule has 1 heteroatoms. The number of carbonyl (C=O) groups excluding carboxylic acids is 1. The second-order valence-electron chi connectivity index (χ2n) is 5.93. The minimum absolute atomic E-state index is 0.414. The van der Waals surface area contributed by atoms with E-state index in [-0.39, 0.29) is 0 Å². The Bertz CT molecular complexity index is 420. The maximum Gasteiger partial charge on any atom is 0.132 e. The highest BCUT2D eigenvalue weighted by molar-refractivity contribution is 5.78. The molecule has 22 heavy (non-hydrogen) atoms. The highest BCUT2D eigenvalue weighted by Crippen LogP contribution is 2.23. The van der Waals surface area contributed by atoms with Crippen LogP contribution in [0, 0.1) is 12.8 Å². The molecule has 1 unspecified atom stereocenters. The molecule has 1 aromatic carbocycles. The van der Waals surface area contributed by atoms with Crippen LogP contribution in [0.3, 0.4) is 0 Å². The Hall–Kier alpha value is -1.11. The number of rotatable bonds is 9. The van der Waals surface area contributed by atoms with Crippen LogP contribution in [0.25, 0.3) is 0 Å². The lowest BCUT2D eigenvalue weighted by Gasteiger charge is -2.18. The van der Waals surface area contributed by atoms with Gasteiger partial charge in [0, 0.05) is 12.8 Å². The summed E-state index contributed by atoms with van der Waals surface area (Å²) in [5.41, 5.74) is 4.23. The Labute approximate surface area is 138 Å². The Balaban J connectivity index is 0.00000211. The van der Waals surface area contributed by atoms with Crippen molar-refractivity contribution in [2.24, 2.45) is 5.92 Å². The lowest BCUT2D eigenvalue weighted by molar-refractivity contribution is -0.119. The molecule has 0 N–H and O–H groups in total. The van der Waals surface area contributed by atoms with Gasteiger partial charge in [-0.05, 0) is 43.2 Å².